The fourth-order valence-electron chi connectivity index (χ4n) is 1.57. The molecule has 2 N–H and O–H groups in total. The third kappa shape index (κ3) is 2.88. The van der Waals surface area contributed by atoms with Crippen LogP contribution in [0.1, 0.15) is 10.4 Å². The van der Waals surface area contributed by atoms with Crippen molar-refractivity contribution in [2.24, 2.45) is 0 Å². The second-order valence-corrected chi connectivity index (χ2v) is 4.71. The van der Waals surface area contributed by atoms with Crippen LogP contribution in [0.5, 0.6) is 11.6 Å². The van der Waals surface area contributed by atoms with E-state index in [-0.39, 0.29) is 22.9 Å². The number of para-hydroxylation sites is 1. The summed E-state index contributed by atoms with van der Waals surface area (Å²) in [7, 11) is 1.37. The van der Waals surface area contributed by atoms with Crippen LogP contribution in [0.4, 0.5) is 10.1 Å². The molecule has 0 unspecified atom stereocenters. The predicted molar refractivity (Wildman–Crippen MR) is 74.5 cm³/mol. The molecule has 0 radical (unpaired) electrons. The van der Waals surface area contributed by atoms with Crippen LogP contribution in [0, 0.1) is 5.82 Å². The topological polar surface area (TPSA) is 71.5 Å². The van der Waals surface area contributed by atoms with E-state index >= 15 is 0 Å². The van der Waals surface area contributed by atoms with Crippen LogP contribution in [0.15, 0.2) is 34.9 Å². The Morgan fingerprint density at radius 3 is 2.90 bits per heavy atom. The minimum Gasteiger partial charge on any atom is -0.506 e. The molecule has 2 rings (SSSR count). The monoisotopic (exact) mass is 340 g/mol. The zero-order valence-electron chi connectivity index (χ0n) is 10.4. The highest BCUT2D eigenvalue weighted by atomic mass is 79.9. The first-order valence-corrected chi connectivity index (χ1v) is 6.30. The minimum absolute atomic E-state index is 0.0986. The molecule has 7 heteroatoms. The van der Waals surface area contributed by atoms with Crippen molar-refractivity contribution < 1.29 is 19.0 Å². The fourth-order valence-corrected chi connectivity index (χ4v) is 1.90. The molecule has 1 amide bonds. The molecule has 0 aliphatic heterocycles. The fraction of sp³-hybridized carbons (Fsp3) is 0.0769. The Morgan fingerprint density at radius 1 is 1.50 bits per heavy atom. The standard InChI is InChI=1S/C13H10BrFN2O3/c1-20-13-8(5-7(14)6-16-13)12(19)17-11-9(15)3-2-4-10(11)18/h2-6,18H,1H3,(H,17,19). The summed E-state index contributed by atoms with van der Waals surface area (Å²) >= 11 is 3.19. The SMILES string of the molecule is COc1ncc(Br)cc1C(=O)Nc1c(O)cccc1F. The molecular weight excluding hydrogens is 331 g/mol. The maximum absolute atomic E-state index is 13.6. The molecular formula is C13H10BrFN2O3. The van der Waals surface area contributed by atoms with E-state index in [4.69, 9.17) is 4.74 Å². The molecule has 0 spiro atoms. The molecule has 0 bridgehead atoms. The van der Waals surface area contributed by atoms with Gasteiger partial charge in [0.2, 0.25) is 5.88 Å². The summed E-state index contributed by atoms with van der Waals surface area (Å²) in [5, 5.41) is 11.8. The lowest BCUT2D eigenvalue weighted by Crippen LogP contribution is -2.15. The molecule has 104 valence electrons. The van der Waals surface area contributed by atoms with Crippen molar-refractivity contribution in [3.63, 3.8) is 0 Å². The normalized spacial score (nSPS) is 10.2. The molecule has 0 saturated heterocycles. The lowest BCUT2D eigenvalue weighted by Gasteiger charge is -2.10. The van der Waals surface area contributed by atoms with Gasteiger partial charge in [0.25, 0.3) is 5.91 Å². The van der Waals surface area contributed by atoms with Gasteiger partial charge < -0.3 is 15.2 Å². The second kappa shape index (κ2) is 5.87. The molecule has 1 heterocycles. The number of phenolic OH excluding ortho intramolecular Hbond substituents is 1. The number of carbonyl (C=O) groups excluding carboxylic acids is 1. The number of aromatic hydroxyl groups is 1. The number of aromatic nitrogens is 1. The average molecular weight is 341 g/mol. The average Bonchev–Trinajstić information content (AvgIpc) is 2.43. The van der Waals surface area contributed by atoms with E-state index in [1.165, 1.54) is 31.5 Å². The Bertz CT molecular complexity index is 644. The van der Waals surface area contributed by atoms with Gasteiger partial charge in [0.05, 0.1) is 7.11 Å². The molecule has 20 heavy (non-hydrogen) atoms. The van der Waals surface area contributed by atoms with E-state index in [0.717, 1.165) is 6.07 Å². The van der Waals surface area contributed by atoms with Gasteiger partial charge in [0.1, 0.15) is 17.0 Å². The quantitative estimate of drug-likeness (QED) is 0.842. The summed E-state index contributed by atoms with van der Waals surface area (Å²) < 4.78 is 19.1. The van der Waals surface area contributed by atoms with E-state index in [0.29, 0.717) is 4.47 Å². The first kappa shape index (κ1) is 14.3. The van der Waals surface area contributed by atoms with Gasteiger partial charge in [-0.1, -0.05) is 6.07 Å². The third-order valence-electron chi connectivity index (χ3n) is 2.49. The number of pyridine rings is 1. The number of benzene rings is 1. The molecule has 5 nitrogen and oxygen atoms in total. The molecule has 1 aromatic carbocycles. The highest BCUT2D eigenvalue weighted by molar-refractivity contribution is 9.10. The first-order chi connectivity index (χ1) is 9.52. The maximum atomic E-state index is 13.6. The van der Waals surface area contributed by atoms with Gasteiger partial charge in [0.15, 0.2) is 5.82 Å². The van der Waals surface area contributed by atoms with Gasteiger partial charge in [0, 0.05) is 10.7 Å². The van der Waals surface area contributed by atoms with Crippen molar-refractivity contribution in [1.29, 1.82) is 0 Å². The summed E-state index contributed by atoms with van der Waals surface area (Å²) in [5.41, 5.74) is -0.177. The molecule has 2 aromatic rings. The van der Waals surface area contributed by atoms with E-state index in [1.54, 1.807) is 0 Å². The van der Waals surface area contributed by atoms with E-state index in [1.807, 2.05) is 0 Å². The highest BCUT2D eigenvalue weighted by Gasteiger charge is 2.17. The predicted octanol–water partition coefficient (Wildman–Crippen LogP) is 2.95. The molecule has 0 saturated carbocycles. The number of methoxy groups -OCH3 is 1. The number of nitrogens with zero attached hydrogens (tertiary/aromatic N) is 1. The summed E-state index contributed by atoms with van der Waals surface area (Å²) in [6, 6.07) is 5.22. The van der Waals surface area contributed by atoms with Gasteiger partial charge >= 0.3 is 0 Å². The Kier molecular flexibility index (Phi) is 4.19. The molecule has 0 aliphatic carbocycles. The van der Waals surface area contributed by atoms with Crippen LogP contribution in [-0.2, 0) is 0 Å². The second-order valence-electron chi connectivity index (χ2n) is 3.80. The lowest BCUT2D eigenvalue weighted by molar-refractivity contribution is 0.102. The Balaban J connectivity index is 2.35. The Hall–Kier alpha value is -2.15. The van der Waals surface area contributed by atoms with E-state index < -0.39 is 11.7 Å². The van der Waals surface area contributed by atoms with E-state index in [9.17, 15) is 14.3 Å². The Labute approximate surface area is 122 Å². The number of amides is 1. The van der Waals surface area contributed by atoms with Gasteiger partial charge in [-0.05, 0) is 34.1 Å². The smallest absolute Gasteiger partial charge is 0.261 e. The van der Waals surface area contributed by atoms with Crippen molar-refractivity contribution in [1.82, 2.24) is 4.98 Å². The van der Waals surface area contributed by atoms with E-state index in [2.05, 4.69) is 26.2 Å². The number of phenols is 1. The highest BCUT2D eigenvalue weighted by Crippen LogP contribution is 2.28. The number of rotatable bonds is 3. The van der Waals surface area contributed by atoms with Crippen LogP contribution in [0.3, 0.4) is 0 Å². The van der Waals surface area contributed by atoms with Crippen molar-refractivity contribution >= 4 is 27.5 Å². The maximum Gasteiger partial charge on any atom is 0.261 e. The number of carbonyl (C=O) groups is 1. The zero-order valence-corrected chi connectivity index (χ0v) is 11.9. The van der Waals surface area contributed by atoms with Gasteiger partial charge in [-0.2, -0.15) is 0 Å². The first-order valence-electron chi connectivity index (χ1n) is 5.51. The van der Waals surface area contributed by atoms with Gasteiger partial charge in [-0.25, -0.2) is 9.37 Å². The van der Waals surface area contributed by atoms with Crippen LogP contribution in [0.2, 0.25) is 0 Å². The molecule has 0 aliphatic rings. The van der Waals surface area contributed by atoms with Crippen molar-refractivity contribution in [2.45, 2.75) is 0 Å². The number of hydrogen-bond acceptors (Lipinski definition) is 4. The van der Waals surface area contributed by atoms with Crippen molar-refractivity contribution in [2.75, 3.05) is 12.4 Å². The zero-order chi connectivity index (χ0) is 14.7. The van der Waals surface area contributed by atoms with Crippen LogP contribution < -0.4 is 10.1 Å². The number of anilines is 1. The van der Waals surface area contributed by atoms with Crippen molar-refractivity contribution in [3.8, 4) is 11.6 Å². The number of hydrogen-bond donors (Lipinski definition) is 2. The summed E-state index contributed by atoms with van der Waals surface area (Å²) in [6.45, 7) is 0. The molecule has 0 fully saturated rings. The third-order valence-corrected chi connectivity index (χ3v) is 2.92. The number of ether oxygens (including phenoxy) is 1. The lowest BCUT2D eigenvalue weighted by atomic mass is 10.2. The Morgan fingerprint density at radius 2 is 2.25 bits per heavy atom. The van der Waals surface area contributed by atoms with Crippen molar-refractivity contribution in [3.05, 3.63) is 46.3 Å². The van der Waals surface area contributed by atoms with Gasteiger partial charge in [-0.3, -0.25) is 4.79 Å². The van der Waals surface area contributed by atoms with Crippen LogP contribution in [0.25, 0.3) is 0 Å². The summed E-state index contributed by atoms with van der Waals surface area (Å²) in [4.78, 5) is 16.0. The van der Waals surface area contributed by atoms with Gasteiger partial charge in [-0.15, -0.1) is 0 Å². The van der Waals surface area contributed by atoms with Crippen LogP contribution in [-0.4, -0.2) is 23.1 Å². The molecule has 0 atom stereocenters. The largest absolute Gasteiger partial charge is 0.506 e. The molecule has 1 aromatic heterocycles. The number of nitrogens with one attached hydrogen (secondary N) is 1. The minimum atomic E-state index is -0.736. The number of halogens is 2. The summed E-state index contributed by atoms with van der Waals surface area (Å²) in [6.07, 6.45) is 1.47. The summed E-state index contributed by atoms with van der Waals surface area (Å²) in [5.74, 6) is -1.64. The van der Waals surface area contributed by atoms with Crippen LogP contribution >= 0.6 is 15.9 Å².